The molecule has 2 atom stereocenters. The van der Waals surface area contributed by atoms with E-state index in [1.807, 2.05) is 0 Å². The van der Waals surface area contributed by atoms with E-state index in [1.54, 1.807) is 0 Å². The second-order valence-electron chi connectivity index (χ2n) is 7.50. The van der Waals surface area contributed by atoms with Gasteiger partial charge in [-0.1, -0.05) is 47.5 Å². The van der Waals surface area contributed by atoms with Crippen molar-refractivity contribution < 1.29 is 0 Å². The third-order valence-corrected chi connectivity index (χ3v) is 3.94. The van der Waals surface area contributed by atoms with Crippen molar-refractivity contribution in [3.63, 3.8) is 0 Å². The van der Waals surface area contributed by atoms with E-state index < -0.39 is 0 Å². The molecule has 2 N–H and O–H groups in total. The number of hydrogen-bond donors (Lipinski definition) is 1. The van der Waals surface area contributed by atoms with Gasteiger partial charge in [-0.05, 0) is 42.9 Å². The minimum Gasteiger partial charge on any atom is -0.325 e. The highest BCUT2D eigenvalue weighted by molar-refractivity contribution is 4.96. The van der Waals surface area contributed by atoms with E-state index >= 15 is 0 Å². The van der Waals surface area contributed by atoms with E-state index in [-0.39, 0.29) is 5.54 Å². The molecule has 96 valence electrons. The lowest BCUT2D eigenvalue weighted by Gasteiger charge is -2.46. The van der Waals surface area contributed by atoms with Gasteiger partial charge in [-0.3, -0.25) is 0 Å². The first-order valence-corrected chi connectivity index (χ1v) is 7.01. The molecule has 0 spiro atoms. The first-order chi connectivity index (χ1) is 7.22. The standard InChI is InChI=1S/C15H31N/c1-12(2)7-6-8-15(16)10-13(3)9-14(4,5)11-15/h12-13H,6-11,16H2,1-5H3. The van der Waals surface area contributed by atoms with Gasteiger partial charge in [0.1, 0.15) is 0 Å². The Morgan fingerprint density at radius 3 is 2.38 bits per heavy atom. The van der Waals surface area contributed by atoms with E-state index in [2.05, 4.69) is 34.6 Å². The summed E-state index contributed by atoms with van der Waals surface area (Å²) in [6.45, 7) is 11.7. The summed E-state index contributed by atoms with van der Waals surface area (Å²) in [4.78, 5) is 0. The molecule has 2 unspecified atom stereocenters. The van der Waals surface area contributed by atoms with Crippen LogP contribution in [0.4, 0.5) is 0 Å². The normalized spacial score (nSPS) is 34.3. The Bertz CT molecular complexity index is 219. The molecule has 0 aromatic heterocycles. The lowest BCUT2D eigenvalue weighted by Crippen LogP contribution is -2.49. The third kappa shape index (κ3) is 4.45. The SMILES string of the molecule is CC(C)CCCC1(N)CC(C)CC(C)(C)C1. The summed E-state index contributed by atoms with van der Waals surface area (Å²) in [5.74, 6) is 1.62. The maximum absolute atomic E-state index is 6.61. The molecule has 0 saturated heterocycles. The molecule has 1 aliphatic carbocycles. The monoisotopic (exact) mass is 225 g/mol. The van der Waals surface area contributed by atoms with Gasteiger partial charge in [0.2, 0.25) is 0 Å². The van der Waals surface area contributed by atoms with Crippen LogP contribution in [0.2, 0.25) is 0 Å². The van der Waals surface area contributed by atoms with E-state index in [0.29, 0.717) is 5.41 Å². The molecule has 1 rings (SSSR count). The first kappa shape index (κ1) is 14.0. The molecule has 1 heteroatoms. The van der Waals surface area contributed by atoms with Crippen molar-refractivity contribution in [2.45, 2.75) is 78.7 Å². The van der Waals surface area contributed by atoms with E-state index in [0.717, 1.165) is 11.8 Å². The van der Waals surface area contributed by atoms with Crippen LogP contribution in [0.5, 0.6) is 0 Å². The van der Waals surface area contributed by atoms with Crippen molar-refractivity contribution in [1.29, 1.82) is 0 Å². The Labute approximate surface area is 102 Å². The minimum atomic E-state index is 0.121. The average Bonchev–Trinajstić information content (AvgIpc) is 1.96. The van der Waals surface area contributed by atoms with E-state index in [1.165, 1.54) is 38.5 Å². The fourth-order valence-corrected chi connectivity index (χ4v) is 3.86. The summed E-state index contributed by atoms with van der Waals surface area (Å²) in [5.41, 5.74) is 7.18. The van der Waals surface area contributed by atoms with Crippen LogP contribution in [0, 0.1) is 17.3 Å². The Kier molecular flexibility index (Phi) is 4.45. The minimum absolute atomic E-state index is 0.121. The number of hydrogen-bond acceptors (Lipinski definition) is 1. The fourth-order valence-electron chi connectivity index (χ4n) is 3.86. The van der Waals surface area contributed by atoms with Gasteiger partial charge >= 0.3 is 0 Å². The zero-order valence-corrected chi connectivity index (χ0v) is 12.0. The van der Waals surface area contributed by atoms with E-state index in [4.69, 9.17) is 5.73 Å². The van der Waals surface area contributed by atoms with Gasteiger partial charge < -0.3 is 5.73 Å². The van der Waals surface area contributed by atoms with Crippen LogP contribution in [0.1, 0.15) is 73.1 Å². The highest BCUT2D eigenvalue weighted by Gasteiger charge is 2.39. The van der Waals surface area contributed by atoms with Crippen molar-refractivity contribution >= 4 is 0 Å². The molecule has 1 saturated carbocycles. The van der Waals surface area contributed by atoms with Gasteiger partial charge in [-0.2, -0.15) is 0 Å². The zero-order valence-electron chi connectivity index (χ0n) is 12.0. The summed E-state index contributed by atoms with van der Waals surface area (Å²) >= 11 is 0. The second kappa shape index (κ2) is 5.08. The zero-order chi connectivity index (χ0) is 12.4. The molecule has 0 aromatic rings. The molecule has 0 bridgehead atoms. The predicted octanol–water partition coefficient (Wildman–Crippen LogP) is 4.36. The van der Waals surface area contributed by atoms with Crippen molar-refractivity contribution in [2.75, 3.05) is 0 Å². The van der Waals surface area contributed by atoms with Crippen molar-refractivity contribution in [1.82, 2.24) is 0 Å². The van der Waals surface area contributed by atoms with Gasteiger partial charge in [0, 0.05) is 5.54 Å². The van der Waals surface area contributed by atoms with Crippen LogP contribution in [-0.2, 0) is 0 Å². The van der Waals surface area contributed by atoms with Crippen LogP contribution >= 0.6 is 0 Å². The highest BCUT2D eigenvalue weighted by atomic mass is 14.8. The molecule has 0 aliphatic heterocycles. The van der Waals surface area contributed by atoms with Crippen LogP contribution in [-0.4, -0.2) is 5.54 Å². The summed E-state index contributed by atoms with van der Waals surface area (Å²) in [6.07, 6.45) is 7.64. The first-order valence-electron chi connectivity index (χ1n) is 7.01. The number of rotatable bonds is 4. The van der Waals surface area contributed by atoms with Crippen molar-refractivity contribution in [3.8, 4) is 0 Å². The maximum atomic E-state index is 6.61. The van der Waals surface area contributed by atoms with Crippen LogP contribution in [0.15, 0.2) is 0 Å². The predicted molar refractivity (Wildman–Crippen MR) is 72.4 cm³/mol. The van der Waals surface area contributed by atoms with Crippen LogP contribution in [0.3, 0.4) is 0 Å². The topological polar surface area (TPSA) is 26.0 Å². The third-order valence-electron chi connectivity index (χ3n) is 3.94. The maximum Gasteiger partial charge on any atom is 0.0162 e. The largest absolute Gasteiger partial charge is 0.325 e. The second-order valence-corrected chi connectivity index (χ2v) is 7.50. The van der Waals surface area contributed by atoms with E-state index in [9.17, 15) is 0 Å². The van der Waals surface area contributed by atoms with Gasteiger partial charge in [-0.15, -0.1) is 0 Å². The highest BCUT2D eigenvalue weighted by Crippen LogP contribution is 2.44. The quantitative estimate of drug-likeness (QED) is 0.756. The Hall–Kier alpha value is -0.0400. The summed E-state index contributed by atoms with van der Waals surface area (Å²) < 4.78 is 0. The molecule has 0 aromatic carbocycles. The summed E-state index contributed by atoms with van der Waals surface area (Å²) in [5, 5.41) is 0. The van der Waals surface area contributed by atoms with Gasteiger partial charge in [0.05, 0.1) is 0 Å². The van der Waals surface area contributed by atoms with Gasteiger partial charge in [-0.25, -0.2) is 0 Å². The van der Waals surface area contributed by atoms with Crippen LogP contribution in [0.25, 0.3) is 0 Å². The summed E-state index contributed by atoms with van der Waals surface area (Å²) in [6, 6.07) is 0. The molecule has 1 aliphatic rings. The fraction of sp³-hybridized carbons (Fsp3) is 1.00. The molecule has 16 heavy (non-hydrogen) atoms. The molecule has 0 heterocycles. The van der Waals surface area contributed by atoms with Gasteiger partial charge in [0.15, 0.2) is 0 Å². The summed E-state index contributed by atoms with van der Waals surface area (Å²) in [7, 11) is 0. The molecular weight excluding hydrogens is 194 g/mol. The number of nitrogens with two attached hydrogens (primary N) is 1. The average molecular weight is 225 g/mol. The molecule has 0 amide bonds. The Balaban J connectivity index is 2.48. The lowest BCUT2D eigenvalue weighted by atomic mass is 9.63. The lowest BCUT2D eigenvalue weighted by molar-refractivity contribution is 0.0995. The Morgan fingerprint density at radius 2 is 1.88 bits per heavy atom. The Morgan fingerprint density at radius 1 is 1.25 bits per heavy atom. The van der Waals surface area contributed by atoms with Crippen molar-refractivity contribution in [3.05, 3.63) is 0 Å². The molecule has 0 radical (unpaired) electrons. The molecular formula is C15H31N. The molecule has 1 nitrogen and oxygen atoms in total. The smallest absolute Gasteiger partial charge is 0.0162 e. The molecule has 1 fully saturated rings. The van der Waals surface area contributed by atoms with Gasteiger partial charge in [0.25, 0.3) is 0 Å². The van der Waals surface area contributed by atoms with Crippen molar-refractivity contribution in [2.24, 2.45) is 23.0 Å². The van der Waals surface area contributed by atoms with Crippen LogP contribution < -0.4 is 5.73 Å².